The van der Waals surface area contributed by atoms with Gasteiger partial charge in [-0.3, -0.25) is 4.79 Å². The Hall–Kier alpha value is -1.45. The molecule has 0 N–H and O–H groups in total. The predicted octanol–water partition coefficient (Wildman–Crippen LogP) is 4.81. The summed E-state index contributed by atoms with van der Waals surface area (Å²) in [6.07, 6.45) is 0. The molecule has 0 unspecified atom stereocenters. The highest BCUT2D eigenvalue weighted by atomic mass is 32.1. The molecular weight excluding hydrogens is 260 g/mol. The molecule has 0 atom stereocenters. The minimum atomic E-state index is 0.131. The van der Waals surface area contributed by atoms with Crippen LogP contribution in [0.3, 0.4) is 0 Å². The zero-order valence-corrected chi connectivity index (χ0v) is 11.8. The van der Waals surface area contributed by atoms with Crippen molar-refractivity contribution in [2.45, 2.75) is 13.8 Å². The summed E-state index contributed by atoms with van der Waals surface area (Å²) in [7, 11) is 0. The lowest BCUT2D eigenvalue weighted by Crippen LogP contribution is -1.99. The molecule has 1 nitrogen and oxygen atoms in total. The lowest BCUT2D eigenvalue weighted by atomic mass is 10.0. The van der Waals surface area contributed by atoms with Gasteiger partial charge in [0.1, 0.15) is 0 Å². The second kappa shape index (κ2) is 4.34. The van der Waals surface area contributed by atoms with Gasteiger partial charge in [0, 0.05) is 15.0 Å². The second-order valence-corrected chi connectivity index (χ2v) is 6.42. The van der Waals surface area contributed by atoms with Crippen molar-refractivity contribution in [2.24, 2.45) is 0 Å². The average molecular weight is 272 g/mol. The number of hydrogen-bond donors (Lipinski definition) is 0. The molecule has 1 aromatic carbocycles. The van der Waals surface area contributed by atoms with E-state index in [-0.39, 0.29) is 5.78 Å². The van der Waals surface area contributed by atoms with E-state index in [1.54, 1.807) is 22.7 Å². The van der Waals surface area contributed by atoms with Crippen LogP contribution >= 0.6 is 22.7 Å². The van der Waals surface area contributed by atoms with Crippen LogP contribution in [0.5, 0.6) is 0 Å². The van der Waals surface area contributed by atoms with Crippen molar-refractivity contribution in [1.29, 1.82) is 0 Å². The van der Waals surface area contributed by atoms with Gasteiger partial charge in [0.15, 0.2) is 0 Å². The first-order chi connectivity index (χ1) is 8.65. The quantitative estimate of drug-likeness (QED) is 0.612. The largest absolute Gasteiger partial charge is 0.288 e. The van der Waals surface area contributed by atoms with E-state index >= 15 is 0 Å². The van der Waals surface area contributed by atoms with Gasteiger partial charge in [0.2, 0.25) is 5.78 Å². The lowest BCUT2D eigenvalue weighted by Gasteiger charge is -2.02. The zero-order chi connectivity index (χ0) is 12.7. The fourth-order valence-corrected chi connectivity index (χ4v) is 3.97. The highest BCUT2D eigenvalue weighted by Gasteiger charge is 2.13. The van der Waals surface area contributed by atoms with Crippen LogP contribution in [0.25, 0.3) is 9.40 Å². The smallest absolute Gasteiger partial charge is 0.203 e. The van der Waals surface area contributed by atoms with Crippen LogP contribution in [-0.4, -0.2) is 5.78 Å². The van der Waals surface area contributed by atoms with Crippen LogP contribution < -0.4 is 0 Å². The molecule has 0 spiro atoms. The molecular formula is C15H12OS2. The Morgan fingerprint density at radius 3 is 2.56 bits per heavy atom. The summed E-state index contributed by atoms with van der Waals surface area (Å²) in [6.45, 7) is 4.10. The fraction of sp³-hybridized carbons (Fsp3) is 0.133. The third-order valence-electron chi connectivity index (χ3n) is 3.13. The molecule has 0 bridgehead atoms. The number of ketones is 1. The van der Waals surface area contributed by atoms with Crippen molar-refractivity contribution >= 4 is 37.9 Å². The summed E-state index contributed by atoms with van der Waals surface area (Å²) >= 11 is 3.26. The maximum Gasteiger partial charge on any atom is 0.203 e. The van der Waals surface area contributed by atoms with E-state index in [1.807, 2.05) is 31.2 Å². The molecule has 0 radical (unpaired) electrons. The highest BCUT2D eigenvalue weighted by Crippen LogP contribution is 2.31. The normalized spacial score (nSPS) is 11.0. The third-order valence-corrected chi connectivity index (χ3v) is 5.22. The van der Waals surface area contributed by atoms with Crippen molar-refractivity contribution < 1.29 is 4.79 Å². The molecule has 18 heavy (non-hydrogen) atoms. The first-order valence-electron chi connectivity index (χ1n) is 5.74. The summed E-state index contributed by atoms with van der Waals surface area (Å²) in [5, 5.41) is 2.06. The molecule has 3 rings (SSSR count). The van der Waals surface area contributed by atoms with Gasteiger partial charge in [0.05, 0.1) is 4.88 Å². The molecule has 0 aliphatic rings. The van der Waals surface area contributed by atoms with Crippen molar-refractivity contribution in [2.75, 3.05) is 0 Å². The fourth-order valence-electron chi connectivity index (χ4n) is 1.90. The maximum atomic E-state index is 12.4. The van der Waals surface area contributed by atoms with Gasteiger partial charge in [-0.05, 0) is 48.6 Å². The first kappa shape index (κ1) is 11.6. The van der Waals surface area contributed by atoms with Crippen molar-refractivity contribution in [1.82, 2.24) is 0 Å². The minimum Gasteiger partial charge on any atom is -0.288 e. The Kier molecular flexibility index (Phi) is 2.80. The Morgan fingerprint density at radius 1 is 1.00 bits per heavy atom. The molecule has 0 saturated carbocycles. The Bertz CT molecular complexity index is 705. The van der Waals surface area contributed by atoms with E-state index in [4.69, 9.17) is 0 Å². The summed E-state index contributed by atoms with van der Waals surface area (Å²) < 4.78 is 2.40. The predicted molar refractivity (Wildman–Crippen MR) is 79.1 cm³/mol. The average Bonchev–Trinajstić information content (AvgIpc) is 2.92. The van der Waals surface area contributed by atoms with Crippen LogP contribution in [0.1, 0.15) is 26.4 Å². The number of fused-ring (bicyclic) bond motifs is 1. The number of carbonyl (C=O) groups excluding carboxylic acids is 1. The second-order valence-electron chi connectivity index (χ2n) is 4.39. The standard InChI is InChI=1S/C15H12OS2/c1-9-3-4-11(7-10(9)2)15(16)14-8-13-12(18-14)5-6-17-13/h3-8H,1-2H3. The van der Waals surface area contributed by atoms with E-state index in [0.29, 0.717) is 0 Å². The van der Waals surface area contributed by atoms with Gasteiger partial charge in [-0.15, -0.1) is 22.7 Å². The summed E-state index contributed by atoms with van der Waals surface area (Å²) in [5.41, 5.74) is 3.17. The van der Waals surface area contributed by atoms with Crippen molar-refractivity contribution in [3.63, 3.8) is 0 Å². The van der Waals surface area contributed by atoms with Crippen molar-refractivity contribution in [3.05, 3.63) is 57.3 Å². The molecule has 3 aromatic rings. The van der Waals surface area contributed by atoms with Gasteiger partial charge >= 0.3 is 0 Å². The highest BCUT2D eigenvalue weighted by molar-refractivity contribution is 7.28. The molecule has 0 saturated heterocycles. The molecule has 3 heteroatoms. The van der Waals surface area contributed by atoms with Gasteiger partial charge < -0.3 is 0 Å². The Labute approximate surface area is 114 Å². The van der Waals surface area contributed by atoms with Gasteiger partial charge in [-0.25, -0.2) is 0 Å². The van der Waals surface area contributed by atoms with Gasteiger partial charge in [-0.2, -0.15) is 0 Å². The SMILES string of the molecule is Cc1ccc(C(=O)c2cc3sccc3s2)cc1C. The molecule has 0 aliphatic heterocycles. The van der Waals surface area contributed by atoms with Crippen LogP contribution in [-0.2, 0) is 0 Å². The van der Waals surface area contributed by atoms with E-state index < -0.39 is 0 Å². The van der Waals surface area contributed by atoms with E-state index in [9.17, 15) is 4.79 Å². The van der Waals surface area contributed by atoms with Gasteiger partial charge in [-0.1, -0.05) is 12.1 Å². The molecule has 90 valence electrons. The molecule has 2 heterocycles. The maximum absolute atomic E-state index is 12.4. The summed E-state index contributed by atoms with van der Waals surface area (Å²) in [5.74, 6) is 0.131. The summed E-state index contributed by atoms with van der Waals surface area (Å²) in [6, 6.07) is 9.98. The first-order valence-corrected chi connectivity index (χ1v) is 7.44. The monoisotopic (exact) mass is 272 g/mol. The summed E-state index contributed by atoms with van der Waals surface area (Å²) in [4.78, 5) is 13.2. The Balaban J connectivity index is 2.03. The molecule has 0 fully saturated rings. The lowest BCUT2D eigenvalue weighted by molar-refractivity contribution is 0.104. The Morgan fingerprint density at radius 2 is 1.83 bits per heavy atom. The van der Waals surface area contributed by atoms with Crippen molar-refractivity contribution in [3.8, 4) is 0 Å². The topological polar surface area (TPSA) is 17.1 Å². The molecule has 0 amide bonds. The van der Waals surface area contributed by atoms with Crippen LogP contribution in [0.15, 0.2) is 35.7 Å². The number of benzene rings is 1. The van der Waals surface area contributed by atoms with Gasteiger partial charge in [0.25, 0.3) is 0 Å². The zero-order valence-electron chi connectivity index (χ0n) is 10.2. The van der Waals surface area contributed by atoms with E-state index in [1.165, 1.54) is 20.5 Å². The van der Waals surface area contributed by atoms with E-state index in [0.717, 1.165) is 10.4 Å². The number of rotatable bonds is 2. The molecule has 2 aromatic heterocycles. The number of carbonyl (C=O) groups is 1. The van der Waals surface area contributed by atoms with Crippen LogP contribution in [0.4, 0.5) is 0 Å². The third kappa shape index (κ3) is 1.89. The van der Waals surface area contributed by atoms with E-state index in [2.05, 4.69) is 18.4 Å². The number of aryl methyl sites for hydroxylation is 2. The molecule has 0 aliphatic carbocycles. The van der Waals surface area contributed by atoms with Crippen LogP contribution in [0.2, 0.25) is 0 Å². The van der Waals surface area contributed by atoms with Crippen LogP contribution in [0, 0.1) is 13.8 Å². The number of thiophene rings is 2. The number of hydrogen-bond acceptors (Lipinski definition) is 3. The minimum absolute atomic E-state index is 0.131.